The van der Waals surface area contributed by atoms with Crippen LogP contribution in [-0.2, 0) is 6.18 Å². The van der Waals surface area contributed by atoms with E-state index in [0.29, 0.717) is 5.56 Å². The van der Waals surface area contributed by atoms with Gasteiger partial charge < -0.3 is 10.1 Å². The molecule has 0 amide bonds. The molecular weight excluding hydrogens is 340 g/mol. The first-order valence-corrected chi connectivity index (χ1v) is 6.63. The first-order chi connectivity index (χ1) is 9.43. The highest BCUT2D eigenvalue weighted by Crippen LogP contribution is 2.38. The molecule has 1 atom stereocenters. The van der Waals surface area contributed by atoms with E-state index in [4.69, 9.17) is 4.74 Å². The Morgan fingerprint density at radius 3 is 2.27 bits per heavy atom. The lowest BCUT2D eigenvalue weighted by Crippen LogP contribution is -2.44. The van der Waals surface area contributed by atoms with Crippen LogP contribution in [-0.4, -0.2) is 38.2 Å². The zero-order chi connectivity index (χ0) is 14.8. The maximum absolute atomic E-state index is 13.2. The number of piperazine rings is 1. The summed E-state index contributed by atoms with van der Waals surface area (Å²) in [7, 11) is 1.37. The van der Waals surface area contributed by atoms with Gasteiger partial charge in [0, 0.05) is 32.2 Å². The molecule has 1 aliphatic heterocycles. The van der Waals surface area contributed by atoms with Gasteiger partial charge in [0.15, 0.2) is 0 Å². The predicted octanol–water partition coefficient (Wildman–Crippen LogP) is 3.52. The average molecular weight is 361 g/mol. The Morgan fingerprint density at radius 2 is 1.77 bits per heavy atom. The highest BCUT2D eigenvalue weighted by molar-refractivity contribution is 5.85. The molecule has 8 heteroatoms. The van der Waals surface area contributed by atoms with Gasteiger partial charge in [0.1, 0.15) is 5.75 Å². The monoisotopic (exact) mass is 360 g/mol. The minimum atomic E-state index is -4.37. The highest BCUT2D eigenvalue weighted by Gasteiger charge is 2.36. The van der Waals surface area contributed by atoms with Crippen molar-refractivity contribution in [1.82, 2.24) is 10.2 Å². The van der Waals surface area contributed by atoms with E-state index in [1.54, 1.807) is 6.07 Å². The lowest BCUT2D eigenvalue weighted by atomic mass is 9.99. The van der Waals surface area contributed by atoms with Crippen LogP contribution in [0.3, 0.4) is 0 Å². The molecule has 1 heterocycles. The van der Waals surface area contributed by atoms with Gasteiger partial charge in [-0.05, 0) is 24.6 Å². The molecule has 3 nitrogen and oxygen atoms in total. The van der Waals surface area contributed by atoms with E-state index in [0.717, 1.165) is 32.2 Å². The normalized spacial score (nSPS) is 17.1. The van der Waals surface area contributed by atoms with Crippen molar-refractivity contribution in [1.29, 1.82) is 0 Å². The third-order valence-corrected chi connectivity index (χ3v) is 3.72. The topological polar surface area (TPSA) is 24.5 Å². The van der Waals surface area contributed by atoms with E-state index in [9.17, 15) is 13.2 Å². The van der Waals surface area contributed by atoms with E-state index < -0.39 is 11.7 Å². The van der Waals surface area contributed by atoms with Crippen molar-refractivity contribution in [2.45, 2.75) is 19.1 Å². The molecule has 0 unspecified atom stereocenters. The van der Waals surface area contributed by atoms with Gasteiger partial charge in [-0.25, -0.2) is 0 Å². The maximum Gasteiger partial charge on any atom is 0.416 e. The zero-order valence-electron chi connectivity index (χ0n) is 12.4. The van der Waals surface area contributed by atoms with Gasteiger partial charge in [0.05, 0.1) is 12.7 Å². The molecule has 1 N–H and O–H groups in total. The minimum absolute atomic E-state index is 0. The fourth-order valence-corrected chi connectivity index (χ4v) is 2.54. The molecular formula is C14H21Cl2F3N2O. The SMILES string of the molecule is COc1ccc([C@H](C)N2CCNCC2)c(C(F)(F)F)c1.Cl.Cl. The summed E-state index contributed by atoms with van der Waals surface area (Å²) in [5.41, 5.74) is -0.303. The van der Waals surface area contributed by atoms with Gasteiger partial charge >= 0.3 is 6.18 Å². The van der Waals surface area contributed by atoms with Gasteiger partial charge in [-0.1, -0.05) is 6.07 Å². The highest BCUT2D eigenvalue weighted by atomic mass is 35.5. The first-order valence-electron chi connectivity index (χ1n) is 6.63. The second-order valence-electron chi connectivity index (χ2n) is 4.91. The number of hydrogen-bond donors (Lipinski definition) is 1. The molecule has 0 spiro atoms. The summed E-state index contributed by atoms with van der Waals surface area (Å²) in [5.74, 6) is 0.230. The quantitative estimate of drug-likeness (QED) is 0.892. The lowest BCUT2D eigenvalue weighted by molar-refractivity contribution is -0.138. The third-order valence-electron chi connectivity index (χ3n) is 3.72. The molecule has 0 saturated carbocycles. The summed E-state index contributed by atoms with van der Waals surface area (Å²) in [6, 6.07) is 3.92. The number of nitrogens with zero attached hydrogens (tertiary/aromatic N) is 1. The van der Waals surface area contributed by atoms with Crippen LogP contribution in [0.15, 0.2) is 18.2 Å². The first kappa shape index (κ1) is 21.3. The average Bonchev–Trinajstić information content (AvgIpc) is 2.46. The van der Waals surface area contributed by atoms with Crippen LogP contribution in [0.5, 0.6) is 5.75 Å². The van der Waals surface area contributed by atoms with E-state index in [2.05, 4.69) is 10.2 Å². The van der Waals surface area contributed by atoms with Crippen LogP contribution in [0.25, 0.3) is 0 Å². The minimum Gasteiger partial charge on any atom is -0.497 e. The van der Waals surface area contributed by atoms with Crippen molar-refractivity contribution in [3.8, 4) is 5.75 Å². The van der Waals surface area contributed by atoms with Crippen molar-refractivity contribution < 1.29 is 17.9 Å². The van der Waals surface area contributed by atoms with Crippen molar-refractivity contribution >= 4 is 24.8 Å². The van der Waals surface area contributed by atoms with E-state index >= 15 is 0 Å². The number of ether oxygens (including phenoxy) is 1. The number of benzene rings is 1. The molecule has 0 radical (unpaired) electrons. The van der Waals surface area contributed by atoms with E-state index in [-0.39, 0.29) is 36.6 Å². The Bertz CT molecular complexity index is 466. The van der Waals surface area contributed by atoms with Crippen LogP contribution < -0.4 is 10.1 Å². The summed E-state index contributed by atoms with van der Waals surface area (Å²) in [5, 5.41) is 3.20. The molecule has 22 heavy (non-hydrogen) atoms. The molecule has 0 aliphatic carbocycles. The molecule has 2 rings (SSSR count). The molecule has 1 fully saturated rings. The van der Waals surface area contributed by atoms with Crippen LogP contribution in [0, 0.1) is 0 Å². The number of hydrogen-bond acceptors (Lipinski definition) is 3. The molecule has 1 aromatic rings. The van der Waals surface area contributed by atoms with E-state index in [1.165, 1.54) is 13.2 Å². The number of alkyl halides is 3. The smallest absolute Gasteiger partial charge is 0.416 e. The largest absolute Gasteiger partial charge is 0.497 e. The molecule has 1 saturated heterocycles. The maximum atomic E-state index is 13.2. The molecule has 0 bridgehead atoms. The van der Waals surface area contributed by atoms with Crippen molar-refractivity contribution in [3.63, 3.8) is 0 Å². The Kier molecular flexibility index (Phi) is 8.54. The van der Waals surface area contributed by atoms with Crippen LogP contribution in [0.1, 0.15) is 24.1 Å². The zero-order valence-corrected chi connectivity index (χ0v) is 14.1. The summed E-state index contributed by atoms with van der Waals surface area (Å²) in [6.45, 7) is 4.95. The number of rotatable bonds is 3. The number of nitrogens with one attached hydrogen (secondary N) is 1. The Hall–Kier alpha value is -0.690. The Morgan fingerprint density at radius 1 is 1.18 bits per heavy atom. The predicted molar refractivity (Wildman–Crippen MR) is 85.3 cm³/mol. The van der Waals surface area contributed by atoms with Gasteiger partial charge in [0.25, 0.3) is 0 Å². The molecule has 0 aromatic heterocycles. The van der Waals surface area contributed by atoms with Crippen LogP contribution >= 0.6 is 24.8 Å². The fraction of sp³-hybridized carbons (Fsp3) is 0.571. The Balaban J connectivity index is 0.00000220. The van der Waals surface area contributed by atoms with Gasteiger partial charge in [-0.15, -0.1) is 24.8 Å². The summed E-state index contributed by atoms with van der Waals surface area (Å²) in [4.78, 5) is 2.06. The number of methoxy groups -OCH3 is 1. The Labute approximate surface area is 141 Å². The fourth-order valence-electron chi connectivity index (χ4n) is 2.54. The summed E-state index contributed by atoms with van der Waals surface area (Å²) in [6.07, 6.45) is -4.37. The number of halogens is 5. The third kappa shape index (κ3) is 4.91. The second kappa shape index (κ2) is 8.82. The van der Waals surface area contributed by atoms with Crippen molar-refractivity contribution in [3.05, 3.63) is 29.3 Å². The van der Waals surface area contributed by atoms with Crippen molar-refractivity contribution in [2.24, 2.45) is 0 Å². The van der Waals surface area contributed by atoms with Crippen molar-refractivity contribution in [2.75, 3.05) is 33.3 Å². The molecule has 1 aliphatic rings. The van der Waals surface area contributed by atoms with Gasteiger partial charge in [-0.3, -0.25) is 4.90 Å². The summed E-state index contributed by atoms with van der Waals surface area (Å²) < 4.78 is 44.5. The van der Waals surface area contributed by atoms with Gasteiger partial charge in [0.2, 0.25) is 0 Å². The van der Waals surface area contributed by atoms with Gasteiger partial charge in [-0.2, -0.15) is 13.2 Å². The van der Waals surface area contributed by atoms with Crippen LogP contribution in [0.4, 0.5) is 13.2 Å². The van der Waals surface area contributed by atoms with Crippen LogP contribution in [0.2, 0.25) is 0 Å². The van der Waals surface area contributed by atoms with E-state index in [1.807, 2.05) is 6.92 Å². The molecule has 1 aromatic carbocycles. The standard InChI is InChI=1S/C14H19F3N2O.2ClH/c1-10(19-7-5-18-6-8-19)12-4-3-11(20-2)9-13(12)14(15,16)17;;/h3-4,9-10,18H,5-8H2,1-2H3;2*1H/t10-;;/m0../s1. The molecule has 128 valence electrons. The second-order valence-corrected chi connectivity index (χ2v) is 4.91. The lowest BCUT2D eigenvalue weighted by Gasteiger charge is -2.34. The summed E-state index contributed by atoms with van der Waals surface area (Å²) >= 11 is 0.